The maximum Gasteiger partial charge on any atom is 0.254 e. The molecule has 1 aliphatic rings. The first kappa shape index (κ1) is 22.5. The lowest BCUT2D eigenvalue weighted by molar-refractivity contribution is 0.0925. The van der Waals surface area contributed by atoms with Crippen molar-refractivity contribution in [3.05, 3.63) is 101 Å². The van der Waals surface area contributed by atoms with Gasteiger partial charge >= 0.3 is 0 Å². The second kappa shape index (κ2) is 10.3. The summed E-state index contributed by atoms with van der Waals surface area (Å²) < 4.78 is 27.0. The molecule has 0 radical (unpaired) electrons. The van der Waals surface area contributed by atoms with Crippen LogP contribution in [-0.4, -0.2) is 30.9 Å². The van der Waals surface area contributed by atoms with Crippen LogP contribution in [0.4, 0.5) is 14.5 Å². The zero-order valence-corrected chi connectivity index (χ0v) is 18.1. The van der Waals surface area contributed by atoms with E-state index < -0.39 is 17.5 Å². The summed E-state index contributed by atoms with van der Waals surface area (Å²) >= 11 is 0. The highest BCUT2D eigenvalue weighted by Crippen LogP contribution is 2.25. The Balaban J connectivity index is 1.36. The molecule has 3 aromatic rings. The molecule has 0 saturated carbocycles. The Labute approximate surface area is 191 Å². The Morgan fingerprint density at radius 3 is 2.27 bits per heavy atom. The molecule has 170 valence electrons. The number of hydrogen-bond acceptors (Lipinski definition) is 3. The molecule has 3 aromatic carbocycles. The number of amides is 2. The van der Waals surface area contributed by atoms with Crippen molar-refractivity contribution in [3.8, 4) is 0 Å². The van der Waals surface area contributed by atoms with Gasteiger partial charge in [0, 0.05) is 37.4 Å². The molecule has 0 spiro atoms. The molecule has 1 fully saturated rings. The van der Waals surface area contributed by atoms with Crippen LogP contribution in [0.15, 0.2) is 72.8 Å². The number of carbonyl (C=O) groups is 2. The quantitative estimate of drug-likeness (QED) is 0.590. The number of halogens is 2. The molecule has 0 atom stereocenters. The van der Waals surface area contributed by atoms with Gasteiger partial charge in [0.05, 0.1) is 11.1 Å². The monoisotopic (exact) mass is 449 g/mol. The second-order valence-electron chi connectivity index (χ2n) is 8.04. The molecule has 4 rings (SSSR count). The molecule has 0 bridgehead atoms. The molecule has 1 aliphatic heterocycles. The normalized spacial score (nSPS) is 14.1. The van der Waals surface area contributed by atoms with Crippen LogP contribution < -0.4 is 15.5 Å². The van der Waals surface area contributed by atoms with E-state index in [9.17, 15) is 18.4 Å². The van der Waals surface area contributed by atoms with Crippen LogP contribution in [0.25, 0.3) is 0 Å². The third-order valence-corrected chi connectivity index (χ3v) is 5.79. The minimum absolute atomic E-state index is 0.128. The van der Waals surface area contributed by atoms with E-state index >= 15 is 0 Å². The number of piperidine rings is 1. The van der Waals surface area contributed by atoms with Gasteiger partial charge in [0.1, 0.15) is 11.6 Å². The summed E-state index contributed by atoms with van der Waals surface area (Å²) in [4.78, 5) is 27.4. The topological polar surface area (TPSA) is 61.4 Å². The zero-order valence-electron chi connectivity index (χ0n) is 18.1. The van der Waals surface area contributed by atoms with Crippen LogP contribution in [0.1, 0.15) is 39.1 Å². The van der Waals surface area contributed by atoms with Gasteiger partial charge in [-0.1, -0.05) is 42.5 Å². The summed E-state index contributed by atoms with van der Waals surface area (Å²) in [5, 5.41) is 5.81. The highest BCUT2D eigenvalue weighted by Gasteiger charge is 2.25. The molecule has 5 nitrogen and oxygen atoms in total. The lowest BCUT2D eigenvalue weighted by atomic mass is 10.0. The average molecular weight is 450 g/mol. The van der Waals surface area contributed by atoms with Crippen LogP contribution in [0.2, 0.25) is 0 Å². The number of anilines is 1. The van der Waals surface area contributed by atoms with Gasteiger partial charge in [-0.2, -0.15) is 0 Å². The highest BCUT2D eigenvalue weighted by molar-refractivity contribution is 5.99. The van der Waals surface area contributed by atoms with Crippen LogP contribution in [0.3, 0.4) is 0 Å². The summed E-state index contributed by atoms with van der Waals surface area (Å²) in [6.45, 7) is 1.72. The molecule has 33 heavy (non-hydrogen) atoms. The van der Waals surface area contributed by atoms with Gasteiger partial charge in [0.2, 0.25) is 0 Å². The van der Waals surface area contributed by atoms with Crippen LogP contribution in [-0.2, 0) is 6.54 Å². The maximum atomic E-state index is 13.9. The van der Waals surface area contributed by atoms with Gasteiger partial charge in [0.15, 0.2) is 0 Å². The lowest BCUT2D eigenvalue weighted by Crippen LogP contribution is -2.45. The van der Waals surface area contributed by atoms with Crippen LogP contribution >= 0.6 is 0 Å². The third kappa shape index (κ3) is 5.55. The molecule has 2 amide bonds. The van der Waals surface area contributed by atoms with Crippen molar-refractivity contribution >= 4 is 17.5 Å². The second-order valence-corrected chi connectivity index (χ2v) is 8.04. The molecule has 0 aliphatic carbocycles. The van der Waals surface area contributed by atoms with Gasteiger partial charge in [-0.15, -0.1) is 0 Å². The van der Waals surface area contributed by atoms with Crippen LogP contribution in [0, 0.1) is 11.6 Å². The molecule has 0 unspecified atom stereocenters. The third-order valence-electron chi connectivity index (χ3n) is 5.79. The zero-order chi connectivity index (χ0) is 23.2. The minimum Gasteiger partial charge on any atom is -0.371 e. The van der Waals surface area contributed by atoms with Gasteiger partial charge in [0.25, 0.3) is 11.8 Å². The summed E-state index contributed by atoms with van der Waals surface area (Å²) in [5.41, 5.74) is 2.30. The summed E-state index contributed by atoms with van der Waals surface area (Å²) in [7, 11) is 0. The number of nitrogens with one attached hydrogen (secondary N) is 2. The fourth-order valence-corrected chi connectivity index (χ4v) is 4.02. The fraction of sp³-hybridized carbons (Fsp3) is 0.231. The Morgan fingerprint density at radius 1 is 0.848 bits per heavy atom. The van der Waals surface area contributed by atoms with Crippen molar-refractivity contribution < 1.29 is 18.4 Å². The maximum absolute atomic E-state index is 13.9. The van der Waals surface area contributed by atoms with Gasteiger partial charge in [-0.3, -0.25) is 9.59 Å². The SMILES string of the molecule is O=C(NC1CCN(c2ccccc2C(=O)NCc2ccccc2)CC1)c1ccc(F)cc1F. The van der Waals surface area contributed by atoms with Crippen molar-refractivity contribution in [1.82, 2.24) is 10.6 Å². The Morgan fingerprint density at radius 2 is 1.55 bits per heavy atom. The molecular formula is C26H25F2N3O2. The number of nitrogens with zero attached hydrogens (tertiary/aromatic N) is 1. The van der Waals surface area contributed by atoms with Crippen molar-refractivity contribution in [3.63, 3.8) is 0 Å². The Bertz CT molecular complexity index is 1130. The average Bonchev–Trinajstić information content (AvgIpc) is 2.83. The van der Waals surface area contributed by atoms with E-state index in [1.807, 2.05) is 48.5 Å². The van der Waals surface area contributed by atoms with E-state index in [1.54, 1.807) is 6.07 Å². The van der Waals surface area contributed by atoms with Gasteiger partial charge in [-0.05, 0) is 42.7 Å². The number of rotatable bonds is 6. The number of benzene rings is 3. The first-order chi connectivity index (χ1) is 16.0. The Kier molecular flexibility index (Phi) is 6.98. The van der Waals surface area contributed by atoms with Crippen molar-refractivity contribution in [2.75, 3.05) is 18.0 Å². The number of hydrogen-bond donors (Lipinski definition) is 2. The molecule has 7 heteroatoms. The fourth-order valence-electron chi connectivity index (χ4n) is 4.02. The summed E-state index contributed by atoms with van der Waals surface area (Å²) in [6.07, 6.45) is 1.29. The Hall–Kier alpha value is -3.74. The molecular weight excluding hydrogens is 424 g/mol. The van der Waals surface area contributed by atoms with Crippen molar-refractivity contribution in [2.45, 2.75) is 25.4 Å². The lowest BCUT2D eigenvalue weighted by Gasteiger charge is -2.35. The largest absolute Gasteiger partial charge is 0.371 e. The number of para-hydroxylation sites is 1. The predicted molar refractivity (Wildman–Crippen MR) is 123 cm³/mol. The first-order valence-electron chi connectivity index (χ1n) is 10.9. The van der Waals surface area contributed by atoms with Gasteiger partial charge < -0.3 is 15.5 Å². The van der Waals surface area contributed by atoms with Crippen molar-refractivity contribution in [2.24, 2.45) is 0 Å². The van der Waals surface area contributed by atoms with E-state index in [0.29, 0.717) is 44.1 Å². The minimum atomic E-state index is -0.875. The summed E-state index contributed by atoms with van der Waals surface area (Å²) in [5.74, 6) is -2.28. The van der Waals surface area contributed by atoms with Crippen LogP contribution in [0.5, 0.6) is 0 Å². The van der Waals surface area contributed by atoms with E-state index in [-0.39, 0.29) is 17.5 Å². The molecule has 1 saturated heterocycles. The van der Waals surface area contributed by atoms with Crippen molar-refractivity contribution in [1.29, 1.82) is 0 Å². The summed E-state index contributed by atoms with van der Waals surface area (Å²) in [6, 6.07) is 20.0. The molecule has 0 aromatic heterocycles. The predicted octanol–water partition coefficient (Wildman–Crippen LogP) is 4.29. The molecule has 2 N–H and O–H groups in total. The van der Waals surface area contributed by atoms with E-state index in [0.717, 1.165) is 23.4 Å². The van der Waals surface area contributed by atoms with E-state index in [4.69, 9.17) is 0 Å². The standard InChI is InChI=1S/C26H25F2N3O2/c27-19-10-11-21(23(28)16-19)26(33)30-20-12-14-31(15-13-20)24-9-5-4-8-22(24)25(32)29-17-18-6-2-1-3-7-18/h1-11,16,20H,12-15,17H2,(H,29,32)(H,30,33). The van der Waals surface area contributed by atoms with E-state index in [1.165, 1.54) is 0 Å². The van der Waals surface area contributed by atoms with Gasteiger partial charge in [-0.25, -0.2) is 8.78 Å². The number of carbonyl (C=O) groups excluding carboxylic acids is 2. The molecule has 1 heterocycles. The first-order valence-corrected chi connectivity index (χ1v) is 10.9. The smallest absolute Gasteiger partial charge is 0.254 e. The highest BCUT2D eigenvalue weighted by atomic mass is 19.1. The van der Waals surface area contributed by atoms with E-state index in [2.05, 4.69) is 15.5 Å².